The van der Waals surface area contributed by atoms with Gasteiger partial charge in [-0.1, -0.05) is 42.5 Å². The molecule has 0 spiro atoms. The molecule has 9 heteroatoms. The van der Waals surface area contributed by atoms with Gasteiger partial charge >= 0.3 is 0 Å². The summed E-state index contributed by atoms with van der Waals surface area (Å²) in [4.78, 5) is 9.22. The average molecular weight is 463 g/mol. The molecule has 166 valence electrons. The predicted octanol–water partition coefficient (Wildman–Crippen LogP) is 5.06. The zero-order valence-electron chi connectivity index (χ0n) is 18.1. The van der Waals surface area contributed by atoms with Crippen molar-refractivity contribution in [2.45, 2.75) is 52.0 Å². The molecule has 1 aliphatic rings. The van der Waals surface area contributed by atoms with Crippen molar-refractivity contribution < 1.29 is 4.74 Å². The predicted molar refractivity (Wildman–Crippen MR) is 126 cm³/mol. The smallest absolute Gasteiger partial charge is 0.227 e. The Bertz CT molecular complexity index is 1050. The van der Waals surface area contributed by atoms with Crippen LogP contribution in [0.1, 0.15) is 43.6 Å². The van der Waals surface area contributed by atoms with E-state index in [9.17, 15) is 0 Å². The van der Waals surface area contributed by atoms with Gasteiger partial charge in [0, 0.05) is 24.7 Å². The molecule has 0 saturated heterocycles. The summed E-state index contributed by atoms with van der Waals surface area (Å²) in [5.41, 5.74) is 2.94. The molecular formula is C22H28Cl2N6O. The van der Waals surface area contributed by atoms with E-state index in [1.807, 2.05) is 13.8 Å². The van der Waals surface area contributed by atoms with E-state index in [0.717, 1.165) is 24.3 Å². The maximum absolute atomic E-state index is 6.56. The molecular weight excluding hydrogens is 435 g/mol. The highest BCUT2D eigenvalue weighted by Gasteiger charge is 2.22. The van der Waals surface area contributed by atoms with Crippen LogP contribution in [0.3, 0.4) is 0 Å². The zero-order valence-corrected chi connectivity index (χ0v) is 19.6. The van der Waals surface area contributed by atoms with Crippen LogP contribution in [0.15, 0.2) is 12.1 Å². The summed E-state index contributed by atoms with van der Waals surface area (Å²) in [6.07, 6.45) is 6.53. The number of hydrogen-bond donors (Lipinski definition) is 2. The van der Waals surface area contributed by atoms with E-state index in [1.54, 1.807) is 23.8 Å². The summed E-state index contributed by atoms with van der Waals surface area (Å²) >= 11 is 13.1. The highest BCUT2D eigenvalue weighted by atomic mass is 35.5. The maximum Gasteiger partial charge on any atom is 0.227 e. The van der Waals surface area contributed by atoms with Crippen LogP contribution in [0, 0.1) is 13.8 Å². The van der Waals surface area contributed by atoms with Crippen LogP contribution in [-0.4, -0.2) is 45.8 Å². The number of hydrogen-bond acceptors (Lipinski definition) is 6. The van der Waals surface area contributed by atoms with Gasteiger partial charge in [0.15, 0.2) is 5.65 Å². The van der Waals surface area contributed by atoms with Gasteiger partial charge in [-0.3, -0.25) is 0 Å². The summed E-state index contributed by atoms with van der Waals surface area (Å²) in [6.45, 7) is 5.41. The molecule has 0 radical (unpaired) electrons. The van der Waals surface area contributed by atoms with Gasteiger partial charge in [0.25, 0.3) is 0 Å². The number of nitrogens with zero attached hydrogens (tertiary/aromatic N) is 4. The highest BCUT2D eigenvalue weighted by Crippen LogP contribution is 2.41. The molecule has 2 aromatic heterocycles. The molecule has 0 atom stereocenters. The first kappa shape index (κ1) is 22.1. The van der Waals surface area contributed by atoms with Gasteiger partial charge in [-0.25, -0.2) is 4.98 Å². The van der Waals surface area contributed by atoms with Gasteiger partial charge in [0.2, 0.25) is 5.95 Å². The van der Waals surface area contributed by atoms with E-state index < -0.39 is 0 Å². The number of aryl methyl sites for hydroxylation is 2. The minimum absolute atomic E-state index is 0.491. The third-order valence-corrected chi connectivity index (χ3v) is 6.32. The SMILES string of the molecule is COc1cc(Cl)c(-c2c(C)nn3c(NCCNC4CCCCC4)nc(C)nc23)c(Cl)c1. The second-order valence-electron chi connectivity index (χ2n) is 7.97. The van der Waals surface area contributed by atoms with Crippen molar-refractivity contribution in [1.82, 2.24) is 24.9 Å². The Kier molecular flexibility index (Phi) is 6.84. The van der Waals surface area contributed by atoms with Crippen molar-refractivity contribution in [3.63, 3.8) is 0 Å². The third kappa shape index (κ3) is 4.73. The number of ether oxygens (including phenoxy) is 1. The number of anilines is 1. The molecule has 2 N–H and O–H groups in total. The average Bonchev–Trinajstić information content (AvgIpc) is 3.07. The number of nitrogens with one attached hydrogen (secondary N) is 2. The molecule has 0 unspecified atom stereocenters. The standard InChI is InChI=1S/C22H28Cl2N6O/c1-13-19(20-17(23)11-16(31-3)12-18(20)24)21-27-14(2)28-22(30(21)29-13)26-10-9-25-15-7-5-4-6-8-15/h11-12,15,25H,4-10H2,1-3H3,(H,26,27,28). The third-order valence-electron chi connectivity index (χ3n) is 5.72. The Morgan fingerprint density at radius 1 is 1.03 bits per heavy atom. The molecule has 0 amide bonds. The van der Waals surface area contributed by atoms with Crippen molar-refractivity contribution >= 4 is 34.8 Å². The summed E-state index contributed by atoms with van der Waals surface area (Å²) in [5.74, 6) is 1.91. The quantitative estimate of drug-likeness (QED) is 0.477. The van der Waals surface area contributed by atoms with Gasteiger partial charge in [-0.05, 0) is 38.8 Å². The number of aromatic nitrogens is 4. The second kappa shape index (κ2) is 9.59. The summed E-state index contributed by atoms with van der Waals surface area (Å²) < 4.78 is 7.00. The molecule has 1 fully saturated rings. The molecule has 1 aliphatic carbocycles. The summed E-state index contributed by atoms with van der Waals surface area (Å²) in [6, 6.07) is 4.12. The van der Waals surface area contributed by atoms with Crippen LogP contribution < -0.4 is 15.4 Å². The lowest BCUT2D eigenvalue weighted by Gasteiger charge is -2.22. The molecule has 1 aromatic carbocycles. The van der Waals surface area contributed by atoms with Crippen molar-refractivity contribution in [3.05, 3.63) is 33.7 Å². The van der Waals surface area contributed by atoms with Gasteiger partial charge in [0.05, 0.1) is 28.4 Å². The minimum Gasteiger partial charge on any atom is -0.497 e. The van der Waals surface area contributed by atoms with Crippen LogP contribution in [0.5, 0.6) is 5.75 Å². The van der Waals surface area contributed by atoms with Gasteiger partial charge in [-0.2, -0.15) is 14.6 Å². The number of rotatable bonds is 7. The molecule has 0 bridgehead atoms. The van der Waals surface area contributed by atoms with E-state index in [2.05, 4.69) is 25.7 Å². The van der Waals surface area contributed by atoms with E-state index in [-0.39, 0.29) is 0 Å². The Morgan fingerprint density at radius 2 is 1.74 bits per heavy atom. The van der Waals surface area contributed by atoms with Gasteiger partial charge < -0.3 is 15.4 Å². The number of methoxy groups -OCH3 is 1. The van der Waals surface area contributed by atoms with Crippen LogP contribution in [-0.2, 0) is 0 Å². The Hall–Kier alpha value is -2.09. The fourth-order valence-corrected chi connectivity index (χ4v) is 4.87. The molecule has 1 saturated carbocycles. The van der Waals surface area contributed by atoms with E-state index >= 15 is 0 Å². The molecule has 7 nitrogen and oxygen atoms in total. The maximum atomic E-state index is 6.56. The van der Waals surface area contributed by atoms with Crippen LogP contribution in [0.4, 0.5) is 5.95 Å². The van der Waals surface area contributed by atoms with E-state index in [0.29, 0.717) is 44.8 Å². The highest BCUT2D eigenvalue weighted by molar-refractivity contribution is 6.39. The number of halogens is 2. The monoisotopic (exact) mass is 462 g/mol. The first-order chi connectivity index (χ1) is 15.0. The Balaban J connectivity index is 1.61. The fourth-order valence-electron chi connectivity index (χ4n) is 4.22. The number of fused-ring (bicyclic) bond motifs is 1. The number of benzene rings is 1. The summed E-state index contributed by atoms with van der Waals surface area (Å²) in [5, 5.41) is 12.7. The molecule has 4 rings (SSSR count). The molecule has 2 heterocycles. The van der Waals surface area contributed by atoms with Crippen molar-refractivity contribution in [1.29, 1.82) is 0 Å². The molecule has 31 heavy (non-hydrogen) atoms. The fraction of sp³-hybridized carbons (Fsp3) is 0.500. The zero-order chi connectivity index (χ0) is 22.0. The van der Waals surface area contributed by atoms with Gasteiger partial charge in [-0.15, -0.1) is 0 Å². The largest absolute Gasteiger partial charge is 0.497 e. The molecule has 3 aromatic rings. The lowest BCUT2D eigenvalue weighted by molar-refractivity contribution is 0.378. The van der Waals surface area contributed by atoms with Crippen LogP contribution in [0.25, 0.3) is 16.8 Å². The topological polar surface area (TPSA) is 76.4 Å². The second-order valence-corrected chi connectivity index (χ2v) is 8.79. The van der Waals surface area contributed by atoms with Crippen molar-refractivity contribution in [2.75, 3.05) is 25.5 Å². The van der Waals surface area contributed by atoms with Crippen LogP contribution in [0.2, 0.25) is 10.0 Å². The first-order valence-corrected chi connectivity index (χ1v) is 11.5. The summed E-state index contributed by atoms with van der Waals surface area (Å²) in [7, 11) is 1.58. The lowest BCUT2D eigenvalue weighted by Crippen LogP contribution is -2.34. The lowest BCUT2D eigenvalue weighted by atomic mass is 9.95. The Morgan fingerprint density at radius 3 is 2.42 bits per heavy atom. The van der Waals surface area contributed by atoms with E-state index in [4.69, 9.17) is 27.9 Å². The molecule has 0 aliphatic heterocycles. The van der Waals surface area contributed by atoms with Gasteiger partial charge in [0.1, 0.15) is 11.6 Å². The van der Waals surface area contributed by atoms with Crippen molar-refractivity contribution in [3.8, 4) is 16.9 Å². The van der Waals surface area contributed by atoms with Crippen molar-refractivity contribution in [2.24, 2.45) is 0 Å². The Labute approximate surface area is 192 Å². The minimum atomic E-state index is 0.491. The van der Waals surface area contributed by atoms with Crippen LogP contribution >= 0.6 is 23.2 Å². The normalized spacial score (nSPS) is 14.9. The van der Waals surface area contributed by atoms with E-state index in [1.165, 1.54) is 32.1 Å². The first-order valence-electron chi connectivity index (χ1n) is 10.7.